The Hall–Kier alpha value is -2.94. The molecule has 2 aliphatic heterocycles. The predicted molar refractivity (Wildman–Crippen MR) is 121 cm³/mol. The van der Waals surface area contributed by atoms with Crippen molar-refractivity contribution in [2.45, 2.75) is 37.8 Å². The third-order valence-electron chi connectivity index (χ3n) is 5.83. The van der Waals surface area contributed by atoms with Crippen LogP contribution in [0.3, 0.4) is 0 Å². The molecule has 0 saturated carbocycles. The summed E-state index contributed by atoms with van der Waals surface area (Å²) >= 11 is 0. The number of Topliss-reactive ketones (excluding diaryl/α,β-unsaturated/α-hetero) is 1. The van der Waals surface area contributed by atoms with Gasteiger partial charge in [0.25, 0.3) is 0 Å². The third-order valence-corrected chi connectivity index (χ3v) is 5.83. The summed E-state index contributed by atoms with van der Waals surface area (Å²) < 4.78 is 17.3. The van der Waals surface area contributed by atoms with Crippen molar-refractivity contribution in [1.29, 1.82) is 0 Å². The Bertz CT molecular complexity index is 945. The van der Waals surface area contributed by atoms with E-state index in [2.05, 4.69) is 39.8 Å². The molecule has 4 rings (SSSR count). The Balaban J connectivity index is 1.26. The van der Waals surface area contributed by atoms with Crippen molar-refractivity contribution in [1.82, 2.24) is 5.32 Å². The first kappa shape index (κ1) is 22.3. The van der Waals surface area contributed by atoms with Crippen LogP contribution < -0.4 is 15.5 Å². The molecule has 0 aliphatic carbocycles. The van der Waals surface area contributed by atoms with E-state index >= 15 is 0 Å². The van der Waals surface area contributed by atoms with Gasteiger partial charge < -0.3 is 24.4 Å². The maximum absolute atomic E-state index is 12.3. The average molecular weight is 440 g/mol. The lowest BCUT2D eigenvalue weighted by molar-refractivity contribution is 0.00854. The molecule has 2 aromatic carbocycles. The number of hydrogen-bond donors (Lipinski definition) is 2. The Morgan fingerprint density at radius 3 is 2.34 bits per heavy atom. The van der Waals surface area contributed by atoms with Crippen molar-refractivity contribution in [2.75, 3.05) is 37.5 Å². The lowest BCUT2D eigenvalue weighted by Gasteiger charge is -2.18. The van der Waals surface area contributed by atoms with E-state index in [9.17, 15) is 9.59 Å². The summed E-state index contributed by atoms with van der Waals surface area (Å²) in [5.74, 6) is -0.0274. The van der Waals surface area contributed by atoms with Gasteiger partial charge in [-0.05, 0) is 48.9 Å². The minimum absolute atomic E-state index is 0.0274. The van der Waals surface area contributed by atoms with Crippen LogP contribution in [0.5, 0.6) is 0 Å². The van der Waals surface area contributed by atoms with E-state index in [0.29, 0.717) is 31.0 Å². The molecule has 2 saturated heterocycles. The zero-order valence-corrected chi connectivity index (χ0v) is 18.5. The van der Waals surface area contributed by atoms with Crippen molar-refractivity contribution < 1.29 is 23.8 Å². The predicted octanol–water partition coefficient (Wildman–Crippen LogP) is 2.83. The molecule has 0 unspecified atom stereocenters. The number of amides is 1. The molecule has 2 heterocycles. The first-order chi connectivity index (χ1) is 15.4. The maximum atomic E-state index is 12.3. The Morgan fingerprint density at radius 2 is 1.69 bits per heavy atom. The molecule has 170 valence electrons. The van der Waals surface area contributed by atoms with Gasteiger partial charge in [0.1, 0.15) is 12.2 Å². The second-order valence-electron chi connectivity index (χ2n) is 8.35. The standard InChI is InChI=1S/C24H29N3O5/c1-15(28)17-6-8-18(9-7-17)26-24(29)32-21-14-31-22-20(13-30-23(21)22)25-12-16-4-10-19(11-5-16)27(2)3/h4-11,20-23,25H,12-14H2,1-3H3,(H,26,29)/t20-,21-,22-,23+/m0/s1. The van der Waals surface area contributed by atoms with Crippen molar-refractivity contribution in [3.05, 3.63) is 59.7 Å². The van der Waals surface area contributed by atoms with E-state index in [4.69, 9.17) is 14.2 Å². The van der Waals surface area contributed by atoms with E-state index in [-0.39, 0.29) is 24.0 Å². The van der Waals surface area contributed by atoms with Crippen LogP contribution in [0.1, 0.15) is 22.8 Å². The van der Waals surface area contributed by atoms with Gasteiger partial charge in [-0.1, -0.05) is 12.1 Å². The molecule has 0 radical (unpaired) electrons. The van der Waals surface area contributed by atoms with Crippen LogP contribution in [-0.4, -0.2) is 63.5 Å². The van der Waals surface area contributed by atoms with Crippen LogP contribution in [0.25, 0.3) is 0 Å². The van der Waals surface area contributed by atoms with Gasteiger partial charge in [-0.25, -0.2) is 4.79 Å². The molecular formula is C24H29N3O5. The van der Waals surface area contributed by atoms with Crippen LogP contribution in [0, 0.1) is 0 Å². The second-order valence-corrected chi connectivity index (χ2v) is 8.35. The van der Waals surface area contributed by atoms with Crippen LogP contribution in [0.2, 0.25) is 0 Å². The number of anilines is 2. The summed E-state index contributed by atoms with van der Waals surface area (Å²) in [5, 5.41) is 6.18. The van der Waals surface area contributed by atoms with E-state index in [1.165, 1.54) is 12.5 Å². The summed E-state index contributed by atoms with van der Waals surface area (Å²) in [6.45, 7) is 3.00. The highest BCUT2D eigenvalue weighted by Crippen LogP contribution is 2.29. The number of hydrogen-bond acceptors (Lipinski definition) is 7. The van der Waals surface area contributed by atoms with Crippen LogP contribution in [0.15, 0.2) is 48.5 Å². The monoisotopic (exact) mass is 439 g/mol. The molecular weight excluding hydrogens is 410 g/mol. The van der Waals surface area contributed by atoms with Crippen molar-refractivity contribution in [2.24, 2.45) is 0 Å². The molecule has 8 heteroatoms. The molecule has 32 heavy (non-hydrogen) atoms. The van der Waals surface area contributed by atoms with E-state index in [1.807, 2.05) is 14.1 Å². The van der Waals surface area contributed by atoms with Gasteiger partial charge in [-0.15, -0.1) is 0 Å². The number of ether oxygens (including phenoxy) is 3. The largest absolute Gasteiger partial charge is 0.441 e. The molecule has 0 spiro atoms. The van der Waals surface area contributed by atoms with E-state index in [1.54, 1.807) is 24.3 Å². The molecule has 2 fully saturated rings. The third kappa shape index (κ3) is 5.09. The number of nitrogens with one attached hydrogen (secondary N) is 2. The lowest BCUT2D eigenvalue weighted by Crippen LogP contribution is -2.41. The Labute approximate surface area is 187 Å². The minimum atomic E-state index is -0.573. The highest BCUT2D eigenvalue weighted by atomic mass is 16.6. The van der Waals surface area contributed by atoms with E-state index in [0.717, 1.165) is 5.69 Å². The highest BCUT2D eigenvalue weighted by Gasteiger charge is 2.49. The Morgan fingerprint density at radius 1 is 1.00 bits per heavy atom. The number of carbonyl (C=O) groups excluding carboxylic acids is 2. The fourth-order valence-electron chi connectivity index (χ4n) is 3.97. The SMILES string of the molecule is CC(=O)c1ccc(NC(=O)O[C@H]2CO[C@@H]3[C@@H]2OC[C@@H]3NCc2ccc(N(C)C)cc2)cc1. The van der Waals surface area contributed by atoms with Gasteiger partial charge >= 0.3 is 6.09 Å². The molecule has 0 bridgehead atoms. The summed E-state index contributed by atoms with van der Waals surface area (Å²) in [4.78, 5) is 25.7. The maximum Gasteiger partial charge on any atom is 0.412 e. The molecule has 4 atom stereocenters. The summed E-state index contributed by atoms with van der Waals surface area (Å²) in [5.41, 5.74) is 3.48. The molecule has 2 N–H and O–H groups in total. The molecule has 2 aliphatic rings. The number of carbonyl (C=O) groups is 2. The number of benzene rings is 2. The number of ketones is 1. The van der Waals surface area contributed by atoms with Gasteiger partial charge in [0.05, 0.1) is 19.3 Å². The second kappa shape index (κ2) is 9.68. The number of nitrogens with zero attached hydrogens (tertiary/aromatic N) is 1. The molecule has 0 aromatic heterocycles. The van der Waals surface area contributed by atoms with Gasteiger partial charge in [-0.3, -0.25) is 10.1 Å². The van der Waals surface area contributed by atoms with Crippen LogP contribution >= 0.6 is 0 Å². The first-order valence-corrected chi connectivity index (χ1v) is 10.7. The fourth-order valence-corrected chi connectivity index (χ4v) is 3.97. The molecule has 1 amide bonds. The highest BCUT2D eigenvalue weighted by molar-refractivity contribution is 5.94. The quantitative estimate of drug-likeness (QED) is 0.642. The summed E-state index contributed by atoms with van der Waals surface area (Å²) in [7, 11) is 4.04. The summed E-state index contributed by atoms with van der Waals surface area (Å²) in [6.07, 6.45) is -1.50. The topological polar surface area (TPSA) is 89.1 Å². The van der Waals surface area contributed by atoms with Crippen LogP contribution in [0.4, 0.5) is 16.2 Å². The van der Waals surface area contributed by atoms with Gasteiger partial charge in [0, 0.05) is 37.6 Å². The number of fused-ring (bicyclic) bond motifs is 1. The average Bonchev–Trinajstić information content (AvgIpc) is 3.36. The van der Waals surface area contributed by atoms with Crippen molar-refractivity contribution in [3.8, 4) is 0 Å². The normalized spacial score (nSPS) is 24.1. The minimum Gasteiger partial charge on any atom is -0.441 e. The zero-order valence-electron chi connectivity index (χ0n) is 18.5. The molecule has 2 aromatic rings. The Kier molecular flexibility index (Phi) is 6.74. The van der Waals surface area contributed by atoms with Crippen LogP contribution in [-0.2, 0) is 20.8 Å². The smallest absolute Gasteiger partial charge is 0.412 e. The number of rotatable bonds is 7. The molecule has 8 nitrogen and oxygen atoms in total. The van der Waals surface area contributed by atoms with Gasteiger partial charge in [0.2, 0.25) is 0 Å². The van der Waals surface area contributed by atoms with Gasteiger partial charge in [-0.2, -0.15) is 0 Å². The summed E-state index contributed by atoms with van der Waals surface area (Å²) in [6, 6.07) is 15.1. The lowest BCUT2D eigenvalue weighted by atomic mass is 10.1. The first-order valence-electron chi connectivity index (χ1n) is 10.7. The fraction of sp³-hybridized carbons (Fsp3) is 0.417. The van der Waals surface area contributed by atoms with Gasteiger partial charge in [0.15, 0.2) is 11.9 Å². The van der Waals surface area contributed by atoms with Crippen molar-refractivity contribution >= 4 is 23.3 Å². The van der Waals surface area contributed by atoms with Crippen molar-refractivity contribution in [3.63, 3.8) is 0 Å². The van der Waals surface area contributed by atoms with E-state index < -0.39 is 12.2 Å². The zero-order chi connectivity index (χ0) is 22.7.